The Bertz CT molecular complexity index is 581. The zero-order valence-corrected chi connectivity index (χ0v) is 12.3. The van der Waals surface area contributed by atoms with Gasteiger partial charge >= 0.3 is 0 Å². The molecule has 0 radical (unpaired) electrons. The predicted molar refractivity (Wildman–Crippen MR) is 82.8 cm³/mol. The van der Waals surface area contributed by atoms with E-state index in [2.05, 4.69) is 0 Å². The lowest BCUT2D eigenvalue weighted by molar-refractivity contribution is -0.131. The van der Waals surface area contributed by atoms with E-state index in [1.54, 1.807) is 19.1 Å². The summed E-state index contributed by atoms with van der Waals surface area (Å²) in [6.07, 6.45) is 0. The van der Waals surface area contributed by atoms with E-state index in [1.807, 2.05) is 54.6 Å². The molecule has 2 aromatic rings. The number of ether oxygens (including phenoxy) is 1. The molecule has 0 aliphatic rings. The van der Waals surface area contributed by atoms with Gasteiger partial charge in [0.1, 0.15) is 11.8 Å². The number of hydrogen-bond donors (Lipinski definition) is 1. The zero-order valence-electron chi connectivity index (χ0n) is 12.3. The number of likely N-dealkylation sites (N-methyl/N-ethyl adjacent to an activating group) is 1. The summed E-state index contributed by atoms with van der Waals surface area (Å²) in [6, 6.07) is 16.4. The van der Waals surface area contributed by atoms with Crippen LogP contribution >= 0.6 is 0 Å². The highest BCUT2D eigenvalue weighted by Gasteiger charge is 2.19. The fourth-order valence-corrected chi connectivity index (χ4v) is 2.12. The van der Waals surface area contributed by atoms with Gasteiger partial charge in [-0.3, -0.25) is 4.79 Å². The summed E-state index contributed by atoms with van der Waals surface area (Å²) >= 11 is 0. The summed E-state index contributed by atoms with van der Waals surface area (Å²) in [6.45, 7) is 0.517. The molecule has 2 N–H and O–H groups in total. The van der Waals surface area contributed by atoms with Crippen LogP contribution in [-0.2, 0) is 11.3 Å². The van der Waals surface area contributed by atoms with Crippen molar-refractivity contribution in [3.8, 4) is 5.75 Å². The molecule has 21 heavy (non-hydrogen) atoms. The lowest BCUT2D eigenvalue weighted by Crippen LogP contribution is -2.35. The number of carbonyl (C=O) groups is 1. The Hall–Kier alpha value is -2.33. The van der Waals surface area contributed by atoms with E-state index in [9.17, 15) is 4.79 Å². The third-order valence-electron chi connectivity index (χ3n) is 3.38. The van der Waals surface area contributed by atoms with Gasteiger partial charge in [-0.25, -0.2) is 0 Å². The average Bonchev–Trinajstić information content (AvgIpc) is 2.55. The van der Waals surface area contributed by atoms with Crippen molar-refractivity contribution < 1.29 is 9.53 Å². The number of benzene rings is 2. The molecule has 2 aromatic carbocycles. The smallest absolute Gasteiger partial charge is 0.244 e. The molecule has 0 aliphatic carbocycles. The first-order chi connectivity index (χ1) is 10.1. The first kappa shape index (κ1) is 15.1. The predicted octanol–water partition coefficient (Wildman–Crippen LogP) is 2.35. The Labute approximate surface area is 125 Å². The van der Waals surface area contributed by atoms with Gasteiger partial charge in [0, 0.05) is 13.6 Å². The van der Waals surface area contributed by atoms with Gasteiger partial charge in [-0.15, -0.1) is 0 Å². The van der Waals surface area contributed by atoms with E-state index in [4.69, 9.17) is 10.5 Å². The minimum Gasteiger partial charge on any atom is -0.497 e. The highest BCUT2D eigenvalue weighted by molar-refractivity contribution is 5.82. The Kier molecular flexibility index (Phi) is 4.95. The third kappa shape index (κ3) is 3.83. The van der Waals surface area contributed by atoms with E-state index < -0.39 is 6.04 Å². The van der Waals surface area contributed by atoms with Gasteiger partial charge in [0.25, 0.3) is 0 Å². The molecular formula is C17H20N2O2. The number of carbonyl (C=O) groups excluding carboxylic acids is 1. The molecule has 0 saturated heterocycles. The molecule has 0 saturated carbocycles. The highest BCUT2D eigenvalue weighted by atomic mass is 16.5. The summed E-state index contributed by atoms with van der Waals surface area (Å²) < 4.78 is 5.12. The molecule has 4 heteroatoms. The number of nitrogens with zero attached hydrogens (tertiary/aromatic N) is 1. The molecule has 0 spiro atoms. The van der Waals surface area contributed by atoms with Crippen molar-refractivity contribution >= 4 is 5.91 Å². The molecule has 110 valence electrons. The van der Waals surface area contributed by atoms with Crippen molar-refractivity contribution in [3.63, 3.8) is 0 Å². The number of nitrogens with two attached hydrogens (primary N) is 1. The van der Waals surface area contributed by atoms with Gasteiger partial charge in [-0.1, -0.05) is 42.5 Å². The minimum absolute atomic E-state index is 0.1000. The molecule has 1 atom stereocenters. The van der Waals surface area contributed by atoms with E-state index in [-0.39, 0.29) is 5.91 Å². The normalized spacial score (nSPS) is 11.8. The van der Waals surface area contributed by atoms with Gasteiger partial charge in [0.2, 0.25) is 5.91 Å². The summed E-state index contributed by atoms with van der Waals surface area (Å²) in [5.74, 6) is 0.700. The number of rotatable bonds is 5. The van der Waals surface area contributed by atoms with Crippen LogP contribution in [0.2, 0.25) is 0 Å². The molecule has 0 fully saturated rings. The van der Waals surface area contributed by atoms with Crippen LogP contribution in [-0.4, -0.2) is 25.0 Å². The molecule has 0 bridgehead atoms. The monoisotopic (exact) mass is 284 g/mol. The first-order valence-corrected chi connectivity index (χ1v) is 6.80. The van der Waals surface area contributed by atoms with Crippen molar-refractivity contribution in [1.82, 2.24) is 4.90 Å². The van der Waals surface area contributed by atoms with Crippen molar-refractivity contribution in [2.75, 3.05) is 14.2 Å². The summed E-state index contributed by atoms with van der Waals surface area (Å²) in [5, 5.41) is 0. The maximum Gasteiger partial charge on any atom is 0.244 e. The van der Waals surface area contributed by atoms with Crippen LogP contribution in [0.15, 0.2) is 54.6 Å². The fourth-order valence-electron chi connectivity index (χ4n) is 2.12. The highest BCUT2D eigenvalue weighted by Crippen LogP contribution is 2.16. The topological polar surface area (TPSA) is 55.6 Å². The van der Waals surface area contributed by atoms with Gasteiger partial charge in [-0.2, -0.15) is 0 Å². The first-order valence-electron chi connectivity index (χ1n) is 6.80. The third-order valence-corrected chi connectivity index (χ3v) is 3.38. The Balaban J connectivity index is 2.01. The van der Waals surface area contributed by atoms with E-state index in [0.717, 1.165) is 16.9 Å². The van der Waals surface area contributed by atoms with Crippen molar-refractivity contribution in [3.05, 3.63) is 65.7 Å². The lowest BCUT2D eigenvalue weighted by atomic mass is 10.1. The van der Waals surface area contributed by atoms with E-state index in [0.29, 0.717) is 6.54 Å². The largest absolute Gasteiger partial charge is 0.497 e. The number of amides is 1. The van der Waals surface area contributed by atoms with Crippen molar-refractivity contribution in [2.24, 2.45) is 5.73 Å². The second-order valence-corrected chi connectivity index (χ2v) is 4.93. The number of methoxy groups -OCH3 is 1. The molecule has 0 heterocycles. The quantitative estimate of drug-likeness (QED) is 0.917. The van der Waals surface area contributed by atoms with E-state index in [1.165, 1.54) is 0 Å². The minimum atomic E-state index is -0.630. The van der Waals surface area contributed by atoms with Gasteiger partial charge in [-0.05, 0) is 23.3 Å². The zero-order chi connectivity index (χ0) is 15.2. The Morgan fingerprint density at radius 1 is 1.14 bits per heavy atom. The van der Waals surface area contributed by atoms with Crippen LogP contribution in [0, 0.1) is 0 Å². The average molecular weight is 284 g/mol. The van der Waals surface area contributed by atoms with Crippen LogP contribution in [0.1, 0.15) is 17.2 Å². The Morgan fingerprint density at radius 3 is 2.33 bits per heavy atom. The SMILES string of the molecule is COc1ccc(CN(C)C(=O)[C@@H](N)c2ccccc2)cc1. The van der Waals surface area contributed by atoms with Crippen LogP contribution in [0.4, 0.5) is 0 Å². The molecule has 0 aliphatic heterocycles. The maximum atomic E-state index is 12.3. The fraction of sp³-hybridized carbons (Fsp3) is 0.235. The van der Waals surface area contributed by atoms with Crippen molar-refractivity contribution in [1.29, 1.82) is 0 Å². The molecular weight excluding hydrogens is 264 g/mol. The van der Waals surface area contributed by atoms with Crippen molar-refractivity contribution in [2.45, 2.75) is 12.6 Å². The van der Waals surface area contributed by atoms with Crippen LogP contribution in [0.3, 0.4) is 0 Å². The molecule has 2 rings (SSSR count). The second kappa shape index (κ2) is 6.90. The van der Waals surface area contributed by atoms with Crippen LogP contribution in [0.5, 0.6) is 5.75 Å². The van der Waals surface area contributed by atoms with Gasteiger partial charge in [0.05, 0.1) is 7.11 Å². The molecule has 0 aromatic heterocycles. The molecule has 4 nitrogen and oxygen atoms in total. The standard InChI is InChI=1S/C17H20N2O2/c1-19(12-13-8-10-15(21-2)11-9-13)17(20)16(18)14-6-4-3-5-7-14/h3-11,16H,12,18H2,1-2H3/t16-/m0/s1. The van der Waals surface area contributed by atoms with Crippen LogP contribution < -0.4 is 10.5 Å². The Morgan fingerprint density at radius 2 is 1.76 bits per heavy atom. The molecule has 0 unspecified atom stereocenters. The number of hydrogen-bond acceptors (Lipinski definition) is 3. The molecule has 1 amide bonds. The lowest BCUT2D eigenvalue weighted by Gasteiger charge is -2.21. The van der Waals surface area contributed by atoms with Crippen LogP contribution in [0.25, 0.3) is 0 Å². The maximum absolute atomic E-state index is 12.3. The summed E-state index contributed by atoms with van der Waals surface area (Å²) in [7, 11) is 3.39. The van der Waals surface area contributed by atoms with Gasteiger partial charge in [0.15, 0.2) is 0 Å². The summed E-state index contributed by atoms with van der Waals surface area (Å²) in [5.41, 5.74) is 7.88. The summed E-state index contributed by atoms with van der Waals surface area (Å²) in [4.78, 5) is 14.0. The second-order valence-electron chi connectivity index (χ2n) is 4.93. The van der Waals surface area contributed by atoms with Gasteiger partial charge < -0.3 is 15.4 Å². The van der Waals surface area contributed by atoms with E-state index >= 15 is 0 Å².